The molecule has 0 atom stereocenters. The van der Waals surface area contributed by atoms with Crippen LogP contribution in [0.3, 0.4) is 0 Å². The van der Waals surface area contributed by atoms with E-state index in [1.807, 2.05) is 66.7 Å². The predicted molar refractivity (Wildman–Crippen MR) is 124 cm³/mol. The molecule has 0 aliphatic carbocycles. The van der Waals surface area contributed by atoms with Crippen LogP contribution in [0, 0.1) is 6.92 Å². The molecule has 6 nitrogen and oxygen atoms in total. The molecule has 0 aliphatic rings. The topological polar surface area (TPSA) is 80.9 Å². The molecular formula is C25H20N6. The maximum atomic E-state index is 6.25. The van der Waals surface area contributed by atoms with E-state index >= 15 is 0 Å². The number of nitrogens with zero attached hydrogens (tertiary/aromatic N) is 5. The fraction of sp³-hybridized carbons (Fsp3) is 0.0400. The Hall–Kier alpha value is -4.32. The first kappa shape index (κ1) is 18.7. The highest BCUT2D eigenvalue weighted by Gasteiger charge is 2.17. The summed E-state index contributed by atoms with van der Waals surface area (Å²) in [4.78, 5) is 4.86. The fourth-order valence-corrected chi connectivity index (χ4v) is 3.41. The molecule has 5 rings (SSSR count). The number of hydrogen-bond acceptors (Lipinski definition) is 5. The van der Waals surface area contributed by atoms with Gasteiger partial charge in [0.25, 0.3) is 0 Å². The second kappa shape index (κ2) is 7.84. The molecule has 0 unspecified atom stereocenters. The van der Waals surface area contributed by atoms with Crippen molar-refractivity contribution in [3.05, 3.63) is 96.6 Å². The van der Waals surface area contributed by atoms with Crippen molar-refractivity contribution in [1.82, 2.24) is 14.6 Å². The summed E-state index contributed by atoms with van der Waals surface area (Å²) in [5.74, 6) is 0.283. The Balaban J connectivity index is 1.74. The lowest BCUT2D eigenvalue weighted by atomic mass is 10.1. The molecule has 0 saturated heterocycles. The Bertz CT molecular complexity index is 1370. The van der Waals surface area contributed by atoms with E-state index < -0.39 is 0 Å². The second-order valence-electron chi connectivity index (χ2n) is 7.26. The third-order valence-electron chi connectivity index (χ3n) is 5.03. The van der Waals surface area contributed by atoms with Crippen molar-refractivity contribution in [2.75, 3.05) is 5.73 Å². The summed E-state index contributed by atoms with van der Waals surface area (Å²) in [6, 6.07) is 29.9. The number of hydrogen-bond donors (Lipinski definition) is 1. The van der Waals surface area contributed by atoms with E-state index in [0.717, 1.165) is 28.2 Å². The molecule has 3 aromatic carbocycles. The van der Waals surface area contributed by atoms with Crippen LogP contribution in [-0.4, -0.2) is 14.6 Å². The first-order valence-corrected chi connectivity index (χ1v) is 9.97. The fourth-order valence-electron chi connectivity index (χ4n) is 3.41. The van der Waals surface area contributed by atoms with Crippen molar-refractivity contribution >= 4 is 22.8 Å². The van der Waals surface area contributed by atoms with Crippen LogP contribution in [0.25, 0.3) is 28.2 Å². The molecule has 0 saturated carbocycles. The maximum absolute atomic E-state index is 6.25. The Kier molecular flexibility index (Phi) is 4.72. The Morgan fingerprint density at radius 3 is 2.16 bits per heavy atom. The first-order valence-electron chi connectivity index (χ1n) is 9.97. The molecule has 5 aromatic rings. The Morgan fingerprint density at radius 1 is 0.774 bits per heavy atom. The minimum Gasteiger partial charge on any atom is -0.380 e. The lowest BCUT2D eigenvalue weighted by molar-refractivity contribution is 0.955. The van der Waals surface area contributed by atoms with Gasteiger partial charge in [-0.3, -0.25) is 0 Å². The van der Waals surface area contributed by atoms with Crippen LogP contribution in [-0.2, 0) is 0 Å². The van der Waals surface area contributed by atoms with Gasteiger partial charge in [-0.1, -0.05) is 78.4 Å². The summed E-state index contributed by atoms with van der Waals surface area (Å²) in [5, 5.41) is 13.3. The van der Waals surface area contributed by atoms with Crippen molar-refractivity contribution in [2.24, 2.45) is 10.2 Å². The highest BCUT2D eigenvalue weighted by molar-refractivity contribution is 5.81. The lowest BCUT2D eigenvalue weighted by Crippen LogP contribution is -1.98. The Morgan fingerprint density at radius 2 is 1.45 bits per heavy atom. The third kappa shape index (κ3) is 3.67. The summed E-state index contributed by atoms with van der Waals surface area (Å²) in [5.41, 5.74) is 12.9. The predicted octanol–water partition coefficient (Wildman–Crippen LogP) is 6.37. The molecule has 0 amide bonds. The molecule has 0 bridgehead atoms. The highest BCUT2D eigenvalue weighted by atomic mass is 15.3. The number of fused-ring (bicyclic) bond motifs is 1. The first-order chi connectivity index (χ1) is 15.2. The van der Waals surface area contributed by atoms with Gasteiger partial charge in [-0.05, 0) is 25.1 Å². The minimum atomic E-state index is 0.283. The summed E-state index contributed by atoms with van der Waals surface area (Å²) in [6.45, 7) is 2.07. The molecule has 0 spiro atoms. The van der Waals surface area contributed by atoms with E-state index in [1.54, 1.807) is 4.52 Å². The van der Waals surface area contributed by atoms with Crippen LogP contribution < -0.4 is 5.73 Å². The van der Waals surface area contributed by atoms with Crippen molar-refractivity contribution in [1.29, 1.82) is 0 Å². The molecule has 2 N–H and O–H groups in total. The number of anilines is 1. The van der Waals surface area contributed by atoms with E-state index in [4.69, 9.17) is 10.7 Å². The van der Waals surface area contributed by atoms with Crippen molar-refractivity contribution in [3.63, 3.8) is 0 Å². The van der Waals surface area contributed by atoms with Crippen molar-refractivity contribution in [3.8, 4) is 22.5 Å². The van der Waals surface area contributed by atoms with Crippen LogP contribution in [0.2, 0.25) is 0 Å². The van der Waals surface area contributed by atoms with E-state index in [2.05, 4.69) is 46.5 Å². The molecule has 2 heterocycles. The van der Waals surface area contributed by atoms with Gasteiger partial charge >= 0.3 is 0 Å². The van der Waals surface area contributed by atoms with Gasteiger partial charge in [0.1, 0.15) is 0 Å². The van der Waals surface area contributed by atoms with Crippen LogP contribution in [0.1, 0.15) is 5.56 Å². The lowest BCUT2D eigenvalue weighted by Gasteiger charge is -2.09. The number of nitrogen functional groups attached to an aromatic ring is 1. The quantitative estimate of drug-likeness (QED) is 0.353. The van der Waals surface area contributed by atoms with Crippen LogP contribution in [0.5, 0.6) is 0 Å². The zero-order valence-corrected chi connectivity index (χ0v) is 17.0. The summed E-state index contributed by atoms with van der Waals surface area (Å²) in [7, 11) is 0. The average Bonchev–Trinajstić information content (AvgIpc) is 3.13. The van der Waals surface area contributed by atoms with Gasteiger partial charge in [0, 0.05) is 11.1 Å². The normalized spacial score (nSPS) is 11.4. The number of nitrogens with two attached hydrogens (primary N) is 1. The zero-order valence-electron chi connectivity index (χ0n) is 17.0. The highest BCUT2D eigenvalue weighted by Crippen LogP contribution is 2.34. The molecule has 6 heteroatoms. The van der Waals surface area contributed by atoms with Gasteiger partial charge in [-0.2, -0.15) is 5.11 Å². The molecule has 0 aliphatic heterocycles. The zero-order chi connectivity index (χ0) is 21.2. The van der Waals surface area contributed by atoms with Crippen LogP contribution in [0.15, 0.2) is 101 Å². The summed E-state index contributed by atoms with van der Waals surface area (Å²) >= 11 is 0. The number of rotatable bonds is 4. The molecular weight excluding hydrogens is 384 g/mol. The van der Waals surface area contributed by atoms with Gasteiger partial charge in [-0.15, -0.1) is 10.2 Å². The van der Waals surface area contributed by atoms with Crippen LogP contribution in [0.4, 0.5) is 17.2 Å². The minimum absolute atomic E-state index is 0.283. The average molecular weight is 404 g/mol. The SMILES string of the molecule is Cc1ccc(-c2cc(-c3ccccc3)n3nc(N)c(N=Nc4ccccc4)c3n2)cc1. The summed E-state index contributed by atoms with van der Waals surface area (Å²) < 4.78 is 1.74. The number of benzene rings is 3. The second-order valence-corrected chi connectivity index (χ2v) is 7.26. The van der Waals surface area contributed by atoms with Crippen molar-refractivity contribution < 1.29 is 0 Å². The standard InChI is InChI=1S/C25H20N6/c1-17-12-14-18(15-13-17)21-16-22(19-8-4-2-5-9-19)31-25(27-21)23(24(26)30-31)29-28-20-10-6-3-7-11-20/h2-16H,1H3,(H2,26,30). The van der Waals surface area contributed by atoms with Gasteiger partial charge in [0.05, 0.1) is 17.1 Å². The molecule has 150 valence electrons. The monoisotopic (exact) mass is 404 g/mol. The van der Waals surface area contributed by atoms with Crippen LogP contribution >= 0.6 is 0 Å². The van der Waals surface area contributed by atoms with Gasteiger partial charge in [0.2, 0.25) is 0 Å². The van der Waals surface area contributed by atoms with Gasteiger partial charge in [0.15, 0.2) is 17.2 Å². The maximum Gasteiger partial charge on any atom is 0.186 e. The third-order valence-corrected chi connectivity index (χ3v) is 5.03. The van der Waals surface area contributed by atoms with E-state index in [-0.39, 0.29) is 5.82 Å². The van der Waals surface area contributed by atoms with Gasteiger partial charge < -0.3 is 5.73 Å². The molecule has 31 heavy (non-hydrogen) atoms. The smallest absolute Gasteiger partial charge is 0.186 e. The van der Waals surface area contributed by atoms with Crippen molar-refractivity contribution in [2.45, 2.75) is 6.92 Å². The molecule has 2 aromatic heterocycles. The molecule has 0 fully saturated rings. The Labute approximate surface area is 179 Å². The van der Waals surface area contributed by atoms with E-state index in [1.165, 1.54) is 5.56 Å². The largest absolute Gasteiger partial charge is 0.380 e. The van der Waals surface area contributed by atoms with Gasteiger partial charge in [-0.25, -0.2) is 9.50 Å². The van der Waals surface area contributed by atoms with E-state index in [9.17, 15) is 0 Å². The molecule has 0 radical (unpaired) electrons. The number of azo groups is 1. The number of aromatic nitrogens is 3. The summed E-state index contributed by atoms with van der Waals surface area (Å²) in [6.07, 6.45) is 0. The number of aryl methyl sites for hydroxylation is 1. The van der Waals surface area contributed by atoms with E-state index in [0.29, 0.717) is 11.3 Å².